The molecule has 0 spiro atoms. The van der Waals surface area contributed by atoms with Crippen LogP contribution in [0.3, 0.4) is 0 Å². The highest BCUT2D eigenvalue weighted by molar-refractivity contribution is 5.92. The Bertz CT molecular complexity index is 495. The summed E-state index contributed by atoms with van der Waals surface area (Å²) in [7, 11) is 4.05. The standard InChI is InChI=1S/C13H19N3O2/c1-9-7-16(8-11(9)15(2)3)13(18)10-5-4-6-12(17)14-10/h4-6,9,11H,7-8H2,1-3H3,(H,14,17). The van der Waals surface area contributed by atoms with Crippen molar-refractivity contribution >= 4 is 5.91 Å². The number of likely N-dealkylation sites (N-methyl/N-ethyl adjacent to an activating group) is 1. The monoisotopic (exact) mass is 249 g/mol. The van der Waals surface area contributed by atoms with Crippen molar-refractivity contribution in [3.05, 3.63) is 34.2 Å². The number of amides is 1. The zero-order valence-electron chi connectivity index (χ0n) is 11.0. The molecule has 0 aliphatic carbocycles. The molecular formula is C13H19N3O2. The van der Waals surface area contributed by atoms with Gasteiger partial charge in [-0.3, -0.25) is 9.59 Å². The fraction of sp³-hybridized carbons (Fsp3) is 0.538. The summed E-state index contributed by atoms with van der Waals surface area (Å²) in [4.78, 5) is 30.0. The summed E-state index contributed by atoms with van der Waals surface area (Å²) in [5.41, 5.74) is 0.131. The van der Waals surface area contributed by atoms with Crippen molar-refractivity contribution in [1.29, 1.82) is 0 Å². The van der Waals surface area contributed by atoms with Gasteiger partial charge in [-0.1, -0.05) is 13.0 Å². The maximum atomic E-state index is 12.3. The van der Waals surface area contributed by atoms with Crippen LogP contribution < -0.4 is 5.56 Å². The number of carbonyl (C=O) groups excluding carboxylic acids is 1. The van der Waals surface area contributed by atoms with Crippen LogP contribution in [0, 0.1) is 5.92 Å². The lowest BCUT2D eigenvalue weighted by Crippen LogP contribution is -2.36. The van der Waals surface area contributed by atoms with Gasteiger partial charge < -0.3 is 14.8 Å². The van der Waals surface area contributed by atoms with Crippen LogP contribution in [0.1, 0.15) is 17.4 Å². The average molecular weight is 249 g/mol. The maximum absolute atomic E-state index is 12.3. The molecule has 1 N–H and O–H groups in total. The predicted molar refractivity (Wildman–Crippen MR) is 69.6 cm³/mol. The summed E-state index contributed by atoms with van der Waals surface area (Å²) in [5.74, 6) is 0.350. The van der Waals surface area contributed by atoms with Gasteiger partial charge in [0.05, 0.1) is 0 Å². The van der Waals surface area contributed by atoms with Gasteiger partial charge >= 0.3 is 0 Å². The van der Waals surface area contributed by atoms with E-state index in [0.717, 1.165) is 6.54 Å². The number of carbonyl (C=O) groups is 1. The topological polar surface area (TPSA) is 56.4 Å². The van der Waals surface area contributed by atoms with Gasteiger partial charge in [0.25, 0.3) is 5.91 Å². The first kappa shape index (κ1) is 12.8. The normalized spacial score (nSPS) is 23.7. The van der Waals surface area contributed by atoms with Gasteiger partial charge in [0, 0.05) is 25.2 Å². The minimum absolute atomic E-state index is 0.0936. The Balaban J connectivity index is 2.14. The highest BCUT2D eigenvalue weighted by Crippen LogP contribution is 2.21. The molecule has 2 rings (SSSR count). The number of pyridine rings is 1. The zero-order chi connectivity index (χ0) is 13.3. The Labute approximate surface area is 106 Å². The molecule has 18 heavy (non-hydrogen) atoms. The largest absolute Gasteiger partial charge is 0.335 e. The van der Waals surface area contributed by atoms with Crippen LogP contribution in [0.25, 0.3) is 0 Å². The van der Waals surface area contributed by atoms with Gasteiger partial charge in [0.15, 0.2) is 0 Å². The molecule has 1 aliphatic heterocycles. The fourth-order valence-electron chi connectivity index (χ4n) is 2.53. The maximum Gasteiger partial charge on any atom is 0.270 e. The van der Waals surface area contributed by atoms with Crippen molar-refractivity contribution in [1.82, 2.24) is 14.8 Å². The first-order valence-corrected chi connectivity index (χ1v) is 6.14. The molecule has 1 saturated heterocycles. The lowest BCUT2D eigenvalue weighted by Gasteiger charge is -2.22. The second-order valence-corrected chi connectivity index (χ2v) is 5.15. The van der Waals surface area contributed by atoms with E-state index in [1.807, 2.05) is 14.1 Å². The lowest BCUT2D eigenvalue weighted by molar-refractivity contribution is 0.0775. The molecular weight excluding hydrogens is 230 g/mol. The molecule has 2 heterocycles. The molecule has 2 atom stereocenters. The SMILES string of the molecule is CC1CN(C(=O)c2cccc(=O)[nH]2)CC1N(C)C. The third-order valence-corrected chi connectivity index (χ3v) is 3.52. The van der Waals surface area contributed by atoms with Gasteiger partial charge in [-0.25, -0.2) is 0 Å². The van der Waals surface area contributed by atoms with E-state index < -0.39 is 0 Å². The predicted octanol–water partition coefficient (Wildman–Crippen LogP) is 0.397. The van der Waals surface area contributed by atoms with E-state index in [1.165, 1.54) is 6.07 Å². The Hall–Kier alpha value is -1.62. The second kappa shape index (κ2) is 4.94. The number of likely N-dealkylation sites (tertiary alicyclic amines) is 1. The molecule has 1 aliphatic rings. The van der Waals surface area contributed by atoms with Crippen LogP contribution in [-0.4, -0.2) is 53.9 Å². The number of aromatic nitrogens is 1. The highest BCUT2D eigenvalue weighted by Gasteiger charge is 2.34. The van der Waals surface area contributed by atoms with Crippen molar-refractivity contribution in [3.63, 3.8) is 0 Å². The van der Waals surface area contributed by atoms with E-state index >= 15 is 0 Å². The molecule has 2 unspecified atom stereocenters. The minimum Gasteiger partial charge on any atom is -0.335 e. The van der Waals surface area contributed by atoms with Crippen LogP contribution in [0.4, 0.5) is 0 Å². The number of H-pyrrole nitrogens is 1. The Morgan fingerprint density at radius 3 is 2.67 bits per heavy atom. The number of hydrogen-bond acceptors (Lipinski definition) is 3. The number of aromatic amines is 1. The molecule has 1 aromatic heterocycles. The van der Waals surface area contributed by atoms with Gasteiger partial charge in [-0.15, -0.1) is 0 Å². The van der Waals surface area contributed by atoms with Crippen LogP contribution in [0.5, 0.6) is 0 Å². The van der Waals surface area contributed by atoms with Crippen molar-refractivity contribution in [2.24, 2.45) is 5.92 Å². The number of rotatable bonds is 2. The number of nitrogens with zero attached hydrogens (tertiary/aromatic N) is 2. The molecule has 0 radical (unpaired) electrons. The van der Waals surface area contributed by atoms with E-state index in [0.29, 0.717) is 24.2 Å². The molecule has 1 fully saturated rings. The molecule has 0 saturated carbocycles. The average Bonchev–Trinajstić information content (AvgIpc) is 2.70. The minimum atomic E-state index is -0.239. The Morgan fingerprint density at radius 2 is 2.11 bits per heavy atom. The van der Waals surface area contributed by atoms with Crippen LogP contribution in [0.2, 0.25) is 0 Å². The first-order chi connectivity index (χ1) is 8.49. The van der Waals surface area contributed by atoms with E-state index in [1.54, 1.807) is 17.0 Å². The van der Waals surface area contributed by atoms with Gasteiger partial charge in [0.1, 0.15) is 5.69 Å². The van der Waals surface area contributed by atoms with Crippen molar-refractivity contribution < 1.29 is 4.79 Å². The smallest absolute Gasteiger partial charge is 0.270 e. The third-order valence-electron chi connectivity index (χ3n) is 3.52. The summed E-state index contributed by atoms with van der Waals surface area (Å²) >= 11 is 0. The molecule has 5 heteroatoms. The highest BCUT2D eigenvalue weighted by atomic mass is 16.2. The van der Waals surface area contributed by atoms with Crippen molar-refractivity contribution in [2.75, 3.05) is 27.2 Å². The Morgan fingerprint density at radius 1 is 1.39 bits per heavy atom. The number of nitrogens with one attached hydrogen (secondary N) is 1. The quantitative estimate of drug-likeness (QED) is 0.825. The van der Waals surface area contributed by atoms with E-state index in [-0.39, 0.29) is 11.5 Å². The number of hydrogen-bond donors (Lipinski definition) is 1. The molecule has 1 amide bonds. The Kier molecular flexibility index (Phi) is 3.52. The molecule has 5 nitrogen and oxygen atoms in total. The summed E-state index contributed by atoms with van der Waals surface area (Å²) in [6.07, 6.45) is 0. The van der Waals surface area contributed by atoms with Crippen molar-refractivity contribution in [2.45, 2.75) is 13.0 Å². The molecule has 1 aromatic rings. The van der Waals surface area contributed by atoms with Gasteiger partial charge in [-0.2, -0.15) is 0 Å². The van der Waals surface area contributed by atoms with Crippen LogP contribution >= 0.6 is 0 Å². The molecule has 0 aromatic carbocycles. The van der Waals surface area contributed by atoms with Crippen LogP contribution in [-0.2, 0) is 0 Å². The second-order valence-electron chi connectivity index (χ2n) is 5.15. The van der Waals surface area contributed by atoms with Crippen LogP contribution in [0.15, 0.2) is 23.0 Å². The first-order valence-electron chi connectivity index (χ1n) is 6.14. The summed E-state index contributed by atoms with van der Waals surface area (Å²) in [5, 5.41) is 0. The van der Waals surface area contributed by atoms with E-state index in [2.05, 4.69) is 16.8 Å². The van der Waals surface area contributed by atoms with Gasteiger partial charge in [0.2, 0.25) is 5.56 Å². The van der Waals surface area contributed by atoms with E-state index in [4.69, 9.17) is 0 Å². The molecule has 98 valence electrons. The van der Waals surface area contributed by atoms with E-state index in [9.17, 15) is 9.59 Å². The summed E-state index contributed by atoms with van der Waals surface area (Å²) in [6, 6.07) is 5.04. The fourth-order valence-corrected chi connectivity index (χ4v) is 2.53. The lowest BCUT2D eigenvalue weighted by atomic mass is 10.1. The summed E-state index contributed by atoms with van der Waals surface area (Å²) < 4.78 is 0. The summed E-state index contributed by atoms with van der Waals surface area (Å²) in [6.45, 7) is 3.59. The third kappa shape index (κ3) is 2.46. The molecule has 0 bridgehead atoms. The zero-order valence-corrected chi connectivity index (χ0v) is 11.0. The van der Waals surface area contributed by atoms with Gasteiger partial charge in [-0.05, 0) is 26.1 Å². The van der Waals surface area contributed by atoms with Crippen molar-refractivity contribution in [3.8, 4) is 0 Å².